The molecule has 2 N–H and O–H groups in total. The lowest BCUT2D eigenvalue weighted by Gasteiger charge is -2.15. The Kier molecular flexibility index (Phi) is 3.31. The zero-order chi connectivity index (χ0) is 11.5. The Balaban J connectivity index is 2.01. The second-order valence-electron chi connectivity index (χ2n) is 4.04. The van der Waals surface area contributed by atoms with Crippen LogP contribution in [0.15, 0.2) is 18.2 Å². The molecule has 0 saturated carbocycles. The third-order valence-corrected chi connectivity index (χ3v) is 2.83. The summed E-state index contributed by atoms with van der Waals surface area (Å²) in [6, 6.07) is 5.42. The van der Waals surface area contributed by atoms with Gasteiger partial charge in [0.25, 0.3) is 0 Å². The lowest BCUT2D eigenvalue weighted by atomic mass is 10.1. The zero-order valence-corrected chi connectivity index (χ0v) is 9.56. The van der Waals surface area contributed by atoms with Crippen LogP contribution in [-0.2, 0) is 4.74 Å². The molecule has 0 saturated heterocycles. The molecule has 0 fully saturated rings. The summed E-state index contributed by atoms with van der Waals surface area (Å²) in [5, 5.41) is 12.7. The molecular weight excluding hydrogens is 206 g/mol. The molecule has 1 aromatic carbocycles. The van der Waals surface area contributed by atoms with Gasteiger partial charge in [-0.2, -0.15) is 0 Å². The fourth-order valence-corrected chi connectivity index (χ4v) is 1.76. The van der Waals surface area contributed by atoms with E-state index in [1.807, 2.05) is 13.0 Å². The number of benzene rings is 1. The predicted molar refractivity (Wildman–Crippen MR) is 60.8 cm³/mol. The molecule has 0 aromatic heterocycles. The van der Waals surface area contributed by atoms with Gasteiger partial charge >= 0.3 is 0 Å². The van der Waals surface area contributed by atoms with E-state index in [0.29, 0.717) is 6.61 Å². The second-order valence-corrected chi connectivity index (χ2v) is 4.04. The summed E-state index contributed by atoms with van der Waals surface area (Å²) in [6.07, 6.45) is 0.182. The van der Waals surface area contributed by atoms with Gasteiger partial charge in [-0.05, 0) is 19.1 Å². The van der Waals surface area contributed by atoms with E-state index in [1.165, 1.54) is 0 Å². The number of hydrogen-bond acceptors (Lipinski definition) is 4. The topological polar surface area (TPSA) is 50.7 Å². The van der Waals surface area contributed by atoms with E-state index >= 15 is 0 Å². The van der Waals surface area contributed by atoms with E-state index < -0.39 is 0 Å². The first kappa shape index (κ1) is 11.2. The van der Waals surface area contributed by atoms with Gasteiger partial charge in [-0.1, -0.05) is 0 Å². The van der Waals surface area contributed by atoms with Gasteiger partial charge in [0.05, 0.1) is 12.1 Å². The third-order valence-electron chi connectivity index (χ3n) is 2.83. The fraction of sp³-hybridized carbons (Fsp3) is 0.500. The smallest absolute Gasteiger partial charge is 0.127 e. The van der Waals surface area contributed by atoms with Gasteiger partial charge in [-0.3, -0.25) is 0 Å². The van der Waals surface area contributed by atoms with Gasteiger partial charge < -0.3 is 19.9 Å². The van der Waals surface area contributed by atoms with Crippen molar-refractivity contribution in [3.8, 4) is 11.5 Å². The molecule has 1 aliphatic rings. The van der Waals surface area contributed by atoms with E-state index in [0.717, 1.165) is 17.9 Å². The summed E-state index contributed by atoms with van der Waals surface area (Å²) in [5.41, 5.74) is 1.10. The Morgan fingerprint density at radius 3 is 3.19 bits per heavy atom. The van der Waals surface area contributed by atoms with Crippen molar-refractivity contribution in [3.05, 3.63) is 23.8 Å². The lowest BCUT2D eigenvalue weighted by molar-refractivity contribution is 0.113. The summed E-state index contributed by atoms with van der Waals surface area (Å²) in [5.74, 6) is 1.01. The van der Waals surface area contributed by atoms with E-state index in [4.69, 9.17) is 9.47 Å². The van der Waals surface area contributed by atoms with Gasteiger partial charge in [-0.25, -0.2) is 0 Å². The van der Waals surface area contributed by atoms with Crippen LogP contribution in [0, 0.1) is 0 Å². The summed E-state index contributed by atoms with van der Waals surface area (Å²) in [6.45, 7) is 3.40. The minimum atomic E-state index is 0.182. The molecule has 1 heterocycles. The largest absolute Gasteiger partial charge is 0.508 e. The van der Waals surface area contributed by atoms with Crippen LogP contribution in [-0.4, -0.2) is 31.5 Å². The van der Waals surface area contributed by atoms with Crippen molar-refractivity contribution in [1.29, 1.82) is 0 Å². The minimum Gasteiger partial charge on any atom is -0.508 e. The highest BCUT2D eigenvalue weighted by Crippen LogP contribution is 2.34. The van der Waals surface area contributed by atoms with Crippen molar-refractivity contribution in [3.63, 3.8) is 0 Å². The van der Waals surface area contributed by atoms with Crippen LogP contribution in [0.25, 0.3) is 0 Å². The van der Waals surface area contributed by atoms with Crippen molar-refractivity contribution in [2.45, 2.75) is 19.1 Å². The Labute approximate surface area is 95.2 Å². The third kappa shape index (κ3) is 2.28. The number of ether oxygens (including phenoxy) is 2. The van der Waals surface area contributed by atoms with Crippen molar-refractivity contribution in [2.24, 2.45) is 0 Å². The van der Waals surface area contributed by atoms with Crippen molar-refractivity contribution < 1.29 is 14.6 Å². The Hall–Kier alpha value is -1.26. The Morgan fingerprint density at radius 1 is 1.62 bits per heavy atom. The highest BCUT2D eigenvalue weighted by Gasteiger charge is 2.24. The van der Waals surface area contributed by atoms with Crippen LogP contribution in [0.5, 0.6) is 11.5 Å². The van der Waals surface area contributed by atoms with E-state index in [1.54, 1.807) is 19.2 Å². The molecule has 0 radical (unpaired) electrons. The Bertz CT molecular complexity index is 367. The molecular formula is C12H17NO3. The SMILES string of the molecule is COC(C)CNC1COc2cc(O)ccc21. The number of nitrogens with one attached hydrogen (secondary N) is 1. The van der Waals surface area contributed by atoms with E-state index in [9.17, 15) is 5.11 Å². The monoisotopic (exact) mass is 223 g/mol. The summed E-state index contributed by atoms with van der Waals surface area (Å²) >= 11 is 0. The van der Waals surface area contributed by atoms with Crippen LogP contribution in [0.4, 0.5) is 0 Å². The number of fused-ring (bicyclic) bond motifs is 1. The minimum absolute atomic E-state index is 0.182. The maximum atomic E-state index is 9.32. The summed E-state index contributed by atoms with van der Waals surface area (Å²) in [4.78, 5) is 0. The molecule has 1 aromatic rings. The molecule has 16 heavy (non-hydrogen) atoms. The maximum Gasteiger partial charge on any atom is 0.127 e. The molecule has 0 bridgehead atoms. The average Bonchev–Trinajstić information content (AvgIpc) is 2.68. The summed E-state index contributed by atoms with van der Waals surface area (Å²) < 4.78 is 10.7. The number of rotatable bonds is 4. The van der Waals surface area contributed by atoms with Crippen LogP contribution in [0.2, 0.25) is 0 Å². The van der Waals surface area contributed by atoms with Crippen LogP contribution in [0.3, 0.4) is 0 Å². The van der Waals surface area contributed by atoms with Crippen molar-refractivity contribution in [2.75, 3.05) is 20.3 Å². The number of methoxy groups -OCH3 is 1. The molecule has 4 nitrogen and oxygen atoms in total. The molecule has 1 aliphatic heterocycles. The van der Waals surface area contributed by atoms with E-state index in [-0.39, 0.29) is 17.9 Å². The number of hydrogen-bond donors (Lipinski definition) is 2. The van der Waals surface area contributed by atoms with Crippen molar-refractivity contribution in [1.82, 2.24) is 5.32 Å². The first-order chi connectivity index (χ1) is 7.70. The Morgan fingerprint density at radius 2 is 2.44 bits per heavy atom. The number of phenolic OH excluding ortho intramolecular Hbond substituents is 1. The number of aromatic hydroxyl groups is 1. The van der Waals surface area contributed by atoms with Gasteiger partial charge in [0.2, 0.25) is 0 Å². The van der Waals surface area contributed by atoms with Gasteiger partial charge in [-0.15, -0.1) is 0 Å². The normalized spacial score (nSPS) is 20.2. The molecule has 2 atom stereocenters. The molecule has 0 aliphatic carbocycles. The maximum absolute atomic E-state index is 9.32. The zero-order valence-electron chi connectivity index (χ0n) is 9.56. The fourth-order valence-electron chi connectivity index (χ4n) is 1.76. The highest BCUT2D eigenvalue weighted by molar-refractivity contribution is 5.44. The van der Waals surface area contributed by atoms with Crippen molar-refractivity contribution >= 4 is 0 Å². The van der Waals surface area contributed by atoms with Crippen LogP contribution >= 0.6 is 0 Å². The molecule has 0 amide bonds. The molecule has 88 valence electrons. The van der Waals surface area contributed by atoms with E-state index in [2.05, 4.69) is 5.32 Å². The first-order valence-corrected chi connectivity index (χ1v) is 5.42. The lowest BCUT2D eigenvalue weighted by Crippen LogP contribution is -2.30. The standard InChI is InChI=1S/C12H17NO3/c1-8(15-2)6-13-11-7-16-12-5-9(14)3-4-10(11)12/h3-5,8,11,13-14H,6-7H2,1-2H3. The molecule has 2 rings (SSSR count). The molecule has 0 spiro atoms. The van der Waals surface area contributed by atoms with Crippen LogP contribution < -0.4 is 10.1 Å². The average molecular weight is 223 g/mol. The molecule has 2 unspecified atom stereocenters. The van der Waals surface area contributed by atoms with Crippen LogP contribution in [0.1, 0.15) is 18.5 Å². The first-order valence-electron chi connectivity index (χ1n) is 5.42. The number of phenols is 1. The highest BCUT2D eigenvalue weighted by atomic mass is 16.5. The molecule has 4 heteroatoms. The van der Waals surface area contributed by atoms with Gasteiger partial charge in [0.15, 0.2) is 0 Å². The second kappa shape index (κ2) is 4.72. The predicted octanol–water partition coefficient (Wildman–Crippen LogP) is 1.45. The van der Waals surface area contributed by atoms with Gasteiger partial charge in [0, 0.05) is 25.3 Å². The van der Waals surface area contributed by atoms with Gasteiger partial charge in [0.1, 0.15) is 18.1 Å². The summed E-state index contributed by atoms with van der Waals surface area (Å²) in [7, 11) is 1.70. The quantitative estimate of drug-likeness (QED) is 0.811.